The van der Waals surface area contributed by atoms with Gasteiger partial charge in [0.25, 0.3) is 0 Å². The number of hydrogen-bond donors (Lipinski definition) is 1. The summed E-state index contributed by atoms with van der Waals surface area (Å²) in [5, 5.41) is 9.08. The molecule has 1 rings (SSSR count). The second-order valence-electron chi connectivity index (χ2n) is 3.89. The number of esters is 2. The van der Waals surface area contributed by atoms with E-state index < -0.39 is 11.9 Å². The van der Waals surface area contributed by atoms with Gasteiger partial charge in [-0.05, 0) is 12.8 Å². The van der Waals surface area contributed by atoms with E-state index >= 15 is 0 Å². The molecule has 0 aliphatic carbocycles. The fourth-order valence-corrected chi connectivity index (χ4v) is 1.21. The number of carbonyl (C=O) groups is 2. The first kappa shape index (κ1) is 15.9. The van der Waals surface area contributed by atoms with E-state index in [1.165, 1.54) is 19.3 Å². The van der Waals surface area contributed by atoms with Gasteiger partial charge in [-0.2, -0.15) is 0 Å². The third kappa shape index (κ3) is 9.81. The normalized spacial score (nSPS) is 16.4. The molecule has 0 aromatic heterocycles. The van der Waals surface area contributed by atoms with E-state index in [0.29, 0.717) is 0 Å². The van der Waals surface area contributed by atoms with Crippen molar-refractivity contribution in [2.45, 2.75) is 58.5 Å². The van der Waals surface area contributed by atoms with Crippen LogP contribution in [0.3, 0.4) is 0 Å². The van der Waals surface area contributed by atoms with E-state index in [9.17, 15) is 9.59 Å². The van der Waals surface area contributed by atoms with Gasteiger partial charge in [0, 0.05) is 0 Å². The number of hydrogen-bond acceptors (Lipinski definition) is 5. The first-order valence-corrected chi connectivity index (χ1v) is 6.09. The molecule has 5 heteroatoms. The molecule has 1 atom stereocenters. The molecule has 0 bridgehead atoms. The van der Waals surface area contributed by atoms with Crippen molar-refractivity contribution in [1.82, 2.24) is 0 Å². The van der Waals surface area contributed by atoms with E-state index in [4.69, 9.17) is 5.11 Å². The Morgan fingerprint density at radius 1 is 1.18 bits per heavy atom. The van der Waals surface area contributed by atoms with E-state index in [1.54, 1.807) is 0 Å². The second kappa shape index (κ2) is 10.1. The molecule has 0 saturated carbocycles. The summed E-state index contributed by atoms with van der Waals surface area (Å²) in [6, 6.07) is 0. The Balaban J connectivity index is 0.000000302. The Morgan fingerprint density at radius 3 is 2.12 bits per heavy atom. The first-order valence-electron chi connectivity index (χ1n) is 6.09. The van der Waals surface area contributed by atoms with Gasteiger partial charge in [0.15, 0.2) is 0 Å². The maximum Gasteiger partial charge on any atom is 0.320 e. The van der Waals surface area contributed by atoms with Crippen molar-refractivity contribution < 1.29 is 24.2 Å². The number of ether oxygens (including phenoxy) is 2. The topological polar surface area (TPSA) is 72.8 Å². The lowest BCUT2D eigenvalue weighted by molar-refractivity contribution is -0.181. The fraction of sp³-hybridized carbons (Fsp3) is 0.833. The number of carbonyl (C=O) groups excluding carboxylic acids is 2. The molecule has 1 N–H and O–H groups in total. The van der Waals surface area contributed by atoms with Crippen LogP contribution in [0.1, 0.15) is 52.4 Å². The van der Waals surface area contributed by atoms with Crippen LogP contribution >= 0.6 is 0 Å². The Hall–Kier alpha value is -1.10. The van der Waals surface area contributed by atoms with Crippen LogP contribution in [0.4, 0.5) is 0 Å². The van der Waals surface area contributed by atoms with Crippen molar-refractivity contribution in [3.05, 3.63) is 0 Å². The molecule has 1 aliphatic heterocycles. The number of aliphatic hydroxyl groups excluding tert-OH is 1. The zero-order valence-electron chi connectivity index (χ0n) is 10.6. The monoisotopic (exact) mass is 246 g/mol. The fourth-order valence-electron chi connectivity index (χ4n) is 1.21. The lowest BCUT2D eigenvalue weighted by Crippen LogP contribution is -2.22. The Bertz CT molecular complexity index is 213. The number of unbranched alkanes of at least 4 members (excludes halogenated alkanes) is 2. The van der Waals surface area contributed by atoms with Crippen molar-refractivity contribution in [2.75, 3.05) is 6.79 Å². The molecule has 100 valence electrons. The second-order valence-corrected chi connectivity index (χ2v) is 3.89. The molecule has 5 nitrogen and oxygen atoms in total. The van der Waals surface area contributed by atoms with Crippen LogP contribution in [-0.4, -0.2) is 29.9 Å². The summed E-state index contributed by atoms with van der Waals surface area (Å²) in [7, 11) is 0. The maximum atomic E-state index is 10.2. The molecule has 1 heterocycles. The lowest BCUT2D eigenvalue weighted by atomic mass is 10.1. The molecule has 1 fully saturated rings. The summed E-state index contributed by atoms with van der Waals surface area (Å²) in [4.78, 5) is 20.3. The van der Waals surface area contributed by atoms with Crippen LogP contribution in [0, 0.1) is 0 Å². The van der Waals surface area contributed by atoms with Crippen LogP contribution in [0.5, 0.6) is 0 Å². The molecule has 0 radical (unpaired) electrons. The molecule has 0 amide bonds. The van der Waals surface area contributed by atoms with Gasteiger partial charge in [-0.1, -0.05) is 33.1 Å². The molecule has 17 heavy (non-hydrogen) atoms. The molecule has 1 aliphatic rings. The van der Waals surface area contributed by atoms with Crippen molar-refractivity contribution in [1.29, 1.82) is 0 Å². The Labute approximate surface area is 102 Å². The number of cyclic esters (lactones) is 2. The minimum absolute atomic E-state index is 0.0449. The van der Waals surface area contributed by atoms with Crippen LogP contribution < -0.4 is 0 Å². The summed E-state index contributed by atoms with van der Waals surface area (Å²) in [6.45, 7) is 3.98. The van der Waals surface area contributed by atoms with E-state index in [-0.39, 0.29) is 19.3 Å². The maximum absolute atomic E-state index is 10.2. The first-order chi connectivity index (χ1) is 8.10. The highest BCUT2D eigenvalue weighted by molar-refractivity contribution is 5.92. The summed E-state index contributed by atoms with van der Waals surface area (Å²) in [6.07, 6.45) is 5.30. The van der Waals surface area contributed by atoms with Crippen molar-refractivity contribution >= 4 is 11.9 Å². The molecule has 0 spiro atoms. The van der Waals surface area contributed by atoms with Gasteiger partial charge in [-0.15, -0.1) is 0 Å². The van der Waals surface area contributed by atoms with E-state index in [1.807, 2.05) is 6.92 Å². The molecule has 0 aromatic rings. The summed E-state index contributed by atoms with van der Waals surface area (Å²) < 4.78 is 8.53. The number of aliphatic hydroxyl groups is 1. The van der Waals surface area contributed by atoms with Crippen LogP contribution in [0.2, 0.25) is 0 Å². The summed E-state index contributed by atoms with van der Waals surface area (Å²) >= 11 is 0. The minimum Gasteiger partial charge on any atom is -0.427 e. The highest BCUT2D eigenvalue weighted by Crippen LogP contribution is 2.04. The van der Waals surface area contributed by atoms with Crippen molar-refractivity contribution in [2.24, 2.45) is 0 Å². The predicted octanol–water partition coefficient (Wildman–Crippen LogP) is 1.77. The molecular formula is C12H22O5. The molecular weight excluding hydrogens is 224 g/mol. The van der Waals surface area contributed by atoms with Gasteiger partial charge in [-0.3, -0.25) is 9.59 Å². The van der Waals surface area contributed by atoms with Gasteiger partial charge >= 0.3 is 11.9 Å². The van der Waals surface area contributed by atoms with Crippen LogP contribution in [0.25, 0.3) is 0 Å². The predicted molar refractivity (Wildman–Crippen MR) is 62.1 cm³/mol. The zero-order valence-corrected chi connectivity index (χ0v) is 10.6. The van der Waals surface area contributed by atoms with Gasteiger partial charge in [0.1, 0.15) is 6.42 Å². The van der Waals surface area contributed by atoms with Crippen LogP contribution in [0.15, 0.2) is 0 Å². The van der Waals surface area contributed by atoms with Gasteiger partial charge in [0.05, 0.1) is 6.10 Å². The van der Waals surface area contributed by atoms with Gasteiger partial charge in [-0.25, -0.2) is 0 Å². The largest absolute Gasteiger partial charge is 0.427 e. The average molecular weight is 246 g/mol. The summed E-state index contributed by atoms with van der Waals surface area (Å²) in [5.74, 6) is -1.03. The third-order valence-electron chi connectivity index (χ3n) is 2.34. The highest BCUT2D eigenvalue weighted by Gasteiger charge is 2.17. The smallest absolute Gasteiger partial charge is 0.320 e. The Morgan fingerprint density at radius 2 is 1.76 bits per heavy atom. The summed E-state index contributed by atoms with van der Waals surface area (Å²) in [5.41, 5.74) is 0. The number of rotatable bonds is 5. The third-order valence-corrected chi connectivity index (χ3v) is 2.34. The van der Waals surface area contributed by atoms with E-state index in [2.05, 4.69) is 16.4 Å². The molecule has 1 saturated heterocycles. The van der Waals surface area contributed by atoms with E-state index in [0.717, 1.165) is 12.8 Å². The highest BCUT2D eigenvalue weighted by atomic mass is 16.7. The van der Waals surface area contributed by atoms with Crippen molar-refractivity contribution in [3.8, 4) is 0 Å². The standard InChI is InChI=1S/C8H18O.C4H4O4/c1-3-5-6-7-8(9)4-2;5-3-1-4(6)8-2-7-3/h8-9H,3-7H2,1-2H3;1-2H2. The molecule has 1 unspecified atom stereocenters. The average Bonchev–Trinajstić information content (AvgIpc) is 2.29. The van der Waals surface area contributed by atoms with Crippen LogP contribution in [-0.2, 0) is 19.1 Å². The quantitative estimate of drug-likeness (QED) is 0.454. The minimum atomic E-state index is -0.513. The van der Waals surface area contributed by atoms with Gasteiger partial charge in [0.2, 0.25) is 6.79 Å². The SMILES string of the molecule is CCCCCC(O)CC.O=C1CC(=O)OCO1. The zero-order chi connectivity index (χ0) is 13.1. The lowest BCUT2D eigenvalue weighted by Gasteiger charge is -2.09. The van der Waals surface area contributed by atoms with Gasteiger partial charge < -0.3 is 14.6 Å². The van der Waals surface area contributed by atoms with Crippen molar-refractivity contribution in [3.63, 3.8) is 0 Å². The Kier molecular flexibility index (Phi) is 9.43. The molecule has 0 aromatic carbocycles.